The highest BCUT2D eigenvalue weighted by atomic mass is 19.2. The summed E-state index contributed by atoms with van der Waals surface area (Å²) in [5.74, 6) is -3.05. The van der Waals surface area contributed by atoms with E-state index in [1.807, 2.05) is 30.3 Å². The minimum Gasteiger partial charge on any atom is -0.347 e. The molecule has 6 heteroatoms. The van der Waals surface area contributed by atoms with Crippen molar-refractivity contribution in [2.75, 3.05) is 6.54 Å². The van der Waals surface area contributed by atoms with Crippen molar-refractivity contribution >= 4 is 11.8 Å². The second-order valence-corrected chi connectivity index (χ2v) is 5.74. The lowest BCUT2D eigenvalue weighted by molar-refractivity contribution is -0.128. The molecule has 4 nitrogen and oxygen atoms in total. The van der Waals surface area contributed by atoms with Gasteiger partial charge in [-0.05, 0) is 17.7 Å². The van der Waals surface area contributed by atoms with Gasteiger partial charge in [0.1, 0.15) is 0 Å². The molecule has 0 radical (unpaired) electrons. The van der Waals surface area contributed by atoms with Crippen LogP contribution in [-0.2, 0) is 11.3 Å². The van der Waals surface area contributed by atoms with Crippen LogP contribution in [-0.4, -0.2) is 29.3 Å². The van der Waals surface area contributed by atoms with Gasteiger partial charge in [-0.25, -0.2) is 8.78 Å². The van der Waals surface area contributed by atoms with Crippen molar-refractivity contribution in [3.05, 3.63) is 71.3 Å². The lowest BCUT2D eigenvalue weighted by atomic mass is 10.1. The summed E-state index contributed by atoms with van der Waals surface area (Å²) >= 11 is 0. The maximum absolute atomic E-state index is 13.7. The third kappa shape index (κ3) is 3.42. The summed E-state index contributed by atoms with van der Waals surface area (Å²) in [6, 6.07) is 12.5. The quantitative estimate of drug-likeness (QED) is 0.936. The first-order chi connectivity index (χ1) is 11.5. The van der Waals surface area contributed by atoms with Crippen LogP contribution in [0.15, 0.2) is 48.5 Å². The topological polar surface area (TPSA) is 49.4 Å². The number of carbonyl (C=O) groups excluding carboxylic acids is 2. The standard InChI is InChI=1S/C18H16F2N2O2/c19-15-8-4-7-14(17(15)20)18(24)21-13-9-16(23)22(11-13)10-12-5-2-1-3-6-12/h1-8,13H,9-11H2,(H,21,24)/t13-/m1/s1. The van der Waals surface area contributed by atoms with Crippen LogP contribution in [0.5, 0.6) is 0 Å². The molecule has 2 aromatic rings. The summed E-state index contributed by atoms with van der Waals surface area (Å²) < 4.78 is 26.9. The lowest BCUT2D eigenvalue weighted by Crippen LogP contribution is -2.37. The molecular weight excluding hydrogens is 314 g/mol. The van der Waals surface area contributed by atoms with Gasteiger partial charge in [-0.3, -0.25) is 9.59 Å². The fourth-order valence-electron chi connectivity index (χ4n) is 2.77. The van der Waals surface area contributed by atoms with Crippen LogP contribution < -0.4 is 5.32 Å². The molecular formula is C18H16F2N2O2. The highest BCUT2D eigenvalue weighted by Crippen LogP contribution is 2.17. The molecule has 124 valence electrons. The smallest absolute Gasteiger partial charge is 0.254 e. The van der Waals surface area contributed by atoms with Crippen LogP contribution >= 0.6 is 0 Å². The van der Waals surface area contributed by atoms with Gasteiger partial charge in [0, 0.05) is 19.5 Å². The van der Waals surface area contributed by atoms with Crippen LogP contribution in [0.3, 0.4) is 0 Å². The number of benzene rings is 2. The number of hydrogen-bond donors (Lipinski definition) is 1. The number of nitrogens with one attached hydrogen (secondary N) is 1. The van der Waals surface area contributed by atoms with Gasteiger partial charge in [-0.15, -0.1) is 0 Å². The number of amides is 2. The number of hydrogen-bond acceptors (Lipinski definition) is 2. The SMILES string of the molecule is O=C(N[C@@H]1CC(=O)N(Cc2ccccc2)C1)c1cccc(F)c1F. The van der Waals surface area contributed by atoms with Crippen molar-refractivity contribution in [2.24, 2.45) is 0 Å². The van der Waals surface area contributed by atoms with Crippen molar-refractivity contribution in [3.8, 4) is 0 Å². The van der Waals surface area contributed by atoms with Gasteiger partial charge in [0.05, 0.1) is 11.6 Å². The van der Waals surface area contributed by atoms with Crippen molar-refractivity contribution in [3.63, 3.8) is 0 Å². The molecule has 2 amide bonds. The third-order valence-electron chi connectivity index (χ3n) is 3.96. The molecule has 2 aromatic carbocycles. The van der Waals surface area contributed by atoms with Crippen molar-refractivity contribution in [1.29, 1.82) is 0 Å². The average Bonchev–Trinajstić information content (AvgIpc) is 2.90. The Morgan fingerprint density at radius 1 is 1.12 bits per heavy atom. The Bertz CT molecular complexity index is 765. The van der Waals surface area contributed by atoms with Gasteiger partial charge in [-0.2, -0.15) is 0 Å². The van der Waals surface area contributed by atoms with Crippen molar-refractivity contribution in [2.45, 2.75) is 19.0 Å². The Balaban J connectivity index is 1.64. The van der Waals surface area contributed by atoms with Crippen LogP contribution in [0.25, 0.3) is 0 Å². The van der Waals surface area contributed by atoms with E-state index in [1.165, 1.54) is 12.1 Å². The summed E-state index contributed by atoms with van der Waals surface area (Å²) in [6.07, 6.45) is 0.148. The van der Waals surface area contributed by atoms with Gasteiger partial charge in [0.15, 0.2) is 11.6 Å². The Morgan fingerprint density at radius 2 is 1.88 bits per heavy atom. The van der Waals surface area contributed by atoms with E-state index in [-0.39, 0.29) is 17.9 Å². The van der Waals surface area contributed by atoms with E-state index in [0.717, 1.165) is 11.6 Å². The largest absolute Gasteiger partial charge is 0.347 e. The van der Waals surface area contributed by atoms with Crippen molar-refractivity contribution < 1.29 is 18.4 Å². The van der Waals surface area contributed by atoms with Gasteiger partial charge in [0.2, 0.25) is 5.91 Å². The number of nitrogens with zero attached hydrogens (tertiary/aromatic N) is 1. The van der Waals surface area contributed by atoms with Gasteiger partial charge in [0.25, 0.3) is 5.91 Å². The van der Waals surface area contributed by atoms with E-state index in [4.69, 9.17) is 0 Å². The molecule has 0 unspecified atom stereocenters. The number of rotatable bonds is 4. The van der Waals surface area contributed by atoms with Crippen molar-refractivity contribution in [1.82, 2.24) is 10.2 Å². The zero-order valence-electron chi connectivity index (χ0n) is 12.8. The second-order valence-electron chi connectivity index (χ2n) is 5.74. The summed E-state index contributed by atoms with van der Waals surface area (Å²) in [6.45, 7) is 0.802. The first-order valence-corrected chi connectivity index (χ1v) is 7.61. The van der Waals surface area contributed by atoms with E-state index in [0.29, 0.717) is 13.1 Å². The summed E-state index contributed by atoms with van der Waals surface area (Å²) in [4.78, 5) is 25.8. The van der Waals surface area contributed by atoms with E-state index >= 15 is 0 Å². The molecule has 1 fully saturated rings. The summed E-state index contributed by atoms with van der Waals surface area (Å²) in [5.41, 5.74) is 0.637. The van der Waals surface area contributed by atoms with E-state index in [9.17, 15) is 18.4 Å². The van der Waals surface area contributed by atoms with Crippen LogP contribution in [0.4, 0.5) is 8.78 Å². The number of halogens is 2. The average molecular weight is 330 g/mol. The molecule has 1 heterocycles. The second kappa shape index (κ2) is 6.78. The molecule has 0 aromatic heterocycles. The fraction of sp³-hybridized carbons (Fsp3) is 0.222. The molecule has 1 aliphatic heterocycles. The highest BCUT2D eigenvalue weighted by molar-refractivity contribution is 5.95. The molecule has 1 atom stereocenters. The number of carbonyl (C=O) groups is 2. The third-order valence-corrected chi connectivity index (χ3v) is 3.96. The Labute approximate surface area is 138 Å². The summed E-state index contributed by atoms with van der Waals surface area (Å²) in [7, 11) is 0. The minimum atomic E-state index is -1.18. The zero-order valence-corrected chi connectivity index (χ0v) is 12.8. The van der Waals surface area contributed by atoms with Gasteiger partial charge in [-0.1, -0.05) is 36.4 Å². The molecule has 1 saturated heterocycles. The summed E-state index contributed by atoms with van der Waals surface area (Å²) in [5, 5.41) is 2.60. The molecule has 0 saturated carbocycles. The molecule has 3 rings (SSSR count). The molecule has 0 spiro atoms. The lowest BCUT2D eigenvalue weighted by Gasteiger charge is -2.17. The van der Waals surface area contributed by atoms with Crippen LogP contribution in [0, 0.1) is 11.6 Å². The predicted octanol–water partition coefficient (Wildman–Crippen LogP) is 2.50. The van der Waals surface area contributed by atoms with E-state index in [1.54, 1.807) is 4.90 Å². The Hall–Kier alpha value is -2.76. The fourth-order valence-corrected chi connectivity index (χ4v) is 2.77. The monoisotopic (exact) mass is 330 g/mol. The molecule has 24 heavy (non-hydrogen) atoms. The van der Waals surface area contributed by atoms with E-state index < -0.39 is 23.6 Å². The zero-order chi connectivity index (χ0) is 17.1. The molecule has 0 bridgehead atoms. The van der Waals surface area contributed by atoms with Gasteiger partial charge < -0.3 is 10.2 Å². The van der Waals surface area contributed by atoms with Crippen LogP contribution in [0.1, 0.15) is 22.3 Å². The Kier molecular flexibility index (Phi) is 4.55. The van der Waals surface area contributed by atoms with E-state index in [2.05, 4.69) is 5.32 Å². The predicted molar refractivity (Wildman–Crippen MR) is 84.1 cm³/mol. The Morgan fingerprint density at radius 3 is 2.62 bits per heavy atom. The molecule has 1 aliphatic rings. The normalized spacial score (nSPS) is 17.2. The number of likely N-dealkylation sites (tertiary alicyclic amines) is 1. The first-order valence-electron chi connectivity index (χ1n) is 7.61. The molecule has 0 aliphatic carbocycles. The van der Waals surface area contributed by atoms with Gasteiger partial charge >= 0.3 is 0 Å². The maximum atomic E-state index is 13.7. The first kappa shape index (κ1) is 16.1. The molecule has 1 N–H and O–H groups in total. The minimum absolute atomic E-state index is 0.0798. The highest BCUT2D eigenvalue weighted by Gasteiger charge is 2.31. The van der Waals surface area contributed by atoms with Crippen LogP contribution in [0.2, 0.25) is 0 Å². The maximum Gasteiger partial charge on any atom is 0.254 e.